The zero-order valence-electron chi connectivity index (χ0n) is 17.3. The minimum Gasteiger partial charge on any atom is -0.342 e. The van der Waals surface area contributed by atoms with Gasteiger partial charge in [-0.25, -0.2) is 4.79 Å². The second-order valence-corrected chi connectivity index (χ2v) is 8.19. The molecule has 2 saturated heterocycles. The summed E-state index contributed by atoms with van der Waals surface area (Å²) in [6.07, 6.45) is 3.83. The molecule has 2 fully saturated rings. The Balaban J connectivity index is 1.66. The fourth-order valence-electron chi connectivity index (χ4n) is 4.33. The van der Waals surface area contributed by atoms with Gasteiger partial charge in [0.15, 0.2) is 0 Å². The van der Waals surface area contributed by atoms with Crippen LogP contribution in [-0.2, 0) is 23.1 Å². The first-order valence-electron chi connectivity index (χ1n) is 10.2. The first-order chi connectivity index (χ1) is 13.3. The molecular weight excluding hydrogens is 358 g/mol. The summed E-state index contributed by atoms with van der Waals surface area (Å²) in [6.45, 7) is 7.91. The van der Waals surface area contributed by atoms with Crippen molar-refractivity contribution in [2.45, 2.75) is 52.0 Å². The summed E-state index contributed by atoms with van der Waals surface area (Å²) in [4.78, 5) is 43.5. The van der Waals surface area contributed by atoms with Crippen LogP contribution in [0.2, 0.25) is 0 Å². The van der Waals surface area contributed by atoms with Crippen molar-refractivity contribution in [2.24, 2.45) is 13.0 Å². The number of hydrogen-bond acceptors (Lipinski definition) is 4. The summed E-state index contributed by atoms with van der Waals surface area (Å²) in [5.74, 6) is 0.280. The number of amides is 4. The average Bonchev–Trinajstić information content (AvgIpc) is 3.15. The van der Waals surface area contributed by atoms with E-state index in [-0.39, 0.29) is 23.8 Å². The molecule has 3 rings (SSSR count). The topological polar surface area (TPSA) is 78.8 Å². The SMILES string of the molecule is CCN1C(=O)N(CC(C)C)C2(CCN(C(=O)CCc3ccnn3C)CC2)C1=O. The van der Waals surface area contributed by atoms with Gasteiger partial charge in [0.2, 0.25) is 5.91 Å². The van der Waals surface area contributed by atoms with Gasteiger partial charge in [-0.3, -0.25) is 19.2 Å². The van der Waals surface area contributed by atoms with E-state index in [0.717, 1.165) is 5.69 Å². The monoisotopic (exact) mass is 389 g/mol. The van der Waals surface area contributed by atoms with Gasteiger partial charge in [-0.05, 0) is 38.2 Å². The molecule has 0 saturated carbocycles. The number of rotatable bonds is 6. The summed E-state index contributed by atoms with van der Waals surface area (Å²) in [7, 11) is 1.87. The molecule has 3 heterocycles. The lowest BCUT2D eigenvalue weighted by molar-refractivity contribution is -0.141. The molecule has 0 atom stereocenters. The third-order valence-corrected chi connectivity index (χ3v) is 5.95. The summed E-state index contributed by atoms with van der Waals surface area (Å²) in [5.41, 5.74) is 0.246. The fraction of sp³-hybridized carbons (Fsp3) is 0.700. The third-order valence-electron chi connectivity index (χ3n) is 5.95. The number of carbonyl (C=O) groups excluding carboxylic acids is 3. The summed E-state index contributed by atoms with van der Waals surface area (Å²) in [5, 5.41) is 4.13. The van der Waals surface area contributed by atoms with Crippen molar-refractivity contribution in [3.63, 3.8) is 0 Å². The molecule has 0 aromatic carbocycles. The van der Waals surface area contributed by atoms with Crippen LogP contribution in [-0.4, -0.2) is 74.0 Å². The molecule has 8 heteroatoms. The van der Waals surface area contributed by atoms with E-state index in [1.807, 2.05) is 24.9 Å². The van der Waals surface area contributed by atoms with Crippen LogP contribution < -0.4 is 0 Å². The highest BCUT2D eigenvalue weighted by Gasteiger charge is 2.57. The van der Waals surface area contributed by atoms with Gasteiger partial charge in [0.1, 0.15) is 5.54 Å². The normalized spacial score (nSPS) is 19.4. The lowest BCUT2D eigenvalue weighted by atomic mass is 9.85. The molecule has 28 heavy (non-hydrogen) atoms. The molecule has 1 aromatic heterocycles. The number of likely N-dealkylation sites (tertiary alicyclic amines) is 1. The highest BCUT2D eigenvalue weighted by Crippen LogP contribution is 2.37. The smallest absolute Gasteiger partial charge is 0.327 e. The molecule has 1 spiro atoms. The molecule has 2 aliphatic rings. The Labute approximate surface area is 166 Å². The maximum absolute atomic E-state index is 13.1. The Morgan fingerprint density at radius 3 is 2.46 bits per heavy atom. The minimum atomic E-state index is -0.782. The molecule has 0 radical (unpaired) electrons. The van der Waals surface area contributed by atoms with Crippen LogP contribution in [0.15, 0.2) is 12.3 Å². The van der Waals surface area contributed by atoms with Gasteiger partial charge in [0, 0.05) is 51.5 Å². The van der Waals surface area contributed by atoms with Crippen LogP contribution in [0.25, 0.3) is 0 Å². The first kappa shape index (κ1) is 20.4. The summed E-state index contributed by atoms with van der Waals surface area (Å²) in [6, 6.07) is 1.74. The second kappa shape index (κ2) is 7.93. The summed E-state index contributed by atoms with van der Waals surface area (Å²) >= 11 is 0. The van der Waals surface area contributed by atoms with Gasteiger partial charge >= 0.3 is 6.03 Å². The number of piperidine rings is 1. The Kier molecular flexibility index (Phi) is 5.76. The maximum atomic E-state index is 13.1. The standard InChI is InChI=1S/C20H31N5O3/c1-5-24-18(27)20(25(19(24)28)14-15(2)3)9-12-23(13-10-20)17(26)7-6-16-8-11-21-22(16)4/h8,11,15H,5-7,9-10,12-14H2,1-4H3. The van der Waals surface area contributed by atoms with Gasteiger partial charge in [0.05, 0.1) is 0 Å². The lowest BCUT2D eigenvalue weighted by Gasteiger charge is -2.42. The van der Waals surface area contributed by atoms with E-state index in [1.165, 1.54) is 4.90 Å². The predicted molar refractivity (Wildman–Crippen MR) is 104 cm³/mol. The van der Waals surface area contributed by atoms with E-state index < -0.39 is 5.54 Å². The zero-order valence-corrected chi connectivity index (χ0v) is 17.3. The van der Waals surface area contributed by atoms with Crippen LogP contribution in [0.1, 0.15) is 45.7 Å². The van der Waals surface area contributed by atoms with E-state index in [0.29, 0.717) is 51.9 Å². The van der Waals surface area contributed by atoms with Crippen LogP contribution in [0.3, 0.4) is 0 Å². The molecule has 2 aliphatic heterocycles. The third kappa shape index (κ3) is 3.52. The number of imide groups is 1. The molecule has 0 aliphatic carbocycles. The minimum absolute atomic E-state index is 0.0931. The Hall–Kier alpha value is -2.38. The molecule has 0 bridgehead atoms. The van der Waals surface area contributed by atoms with Crippen LogP contribution in [0, 0.1) is 5.92 Å². The van der Waals surface area contributed by atoms with Gasteiger partial charge in [-0.15, -0.1) is 0 Å². The second-order valence-electron chi connectivity index (χ2n) is 8.19. The molecule has 1 aromatic rings. The Morgan fingerprint density at radius 1 is 1.25 bits per heavy atom. The van der Waals surface area contributed by atoms with Gasteiger partial charge in [-0.2, -0.15) is 5.10 Å². The van der Waals surface area contributed by atoms with E-state index in [1.54, 1.807) is 15.8 Å². The molecular formula is C20H31N5O3. The Bertz CT molecular complexity index is 749. The molecule has 154 valence electrons. The zero-order chi connectivity index (χ0) is 20.5. The largest absolute Gasteiger partial charge is 0.342 e. The number of carbonyl (C=O) groups is 3. The molecule has 0 N–H and O–H groups in total. The average molecular weight is 390 g/mol. The number of nitrogens with zero attached hydrogens (tertiary/aromatic N) is 5. The number of hydrogen-bond donors (Lipinski definition) is 0. The van der Waals surface area contributed by atoms with Crippen molar-refractivity contribution in [1.82, 2.24) is 24.5 Å². The Morgan fingerprint density at radius 2 is 1.93 bits per heavy atom. The van der Waals surface area contributed by atoms with Crippen molar-refractivity contribution in [2.75, 3.05) is 26.2 Å². The summed E-state index contributed by atoms with van der Waals surface area (Å²) < 4.78 is 1.78. The number of urea groups is 1. The van der Waals surface area contributed by atoms with Gasteiger partial charge < -0.3 is 9.80 Å². The number of aryl methyl sites for hydroxylation is 2. The molecule has 0 unspecified atom stereocenters. The van der Waals surface area contributed by atoms with Crippen molar-refractivity contribution in [3.8, 4) is 0 Å². The van der Waals surface area contributed by atoms with Crippen LogP contribution >= 0.6 is 0 Å². The first-order valence-corrected chi connectivity index (χ1v) is 10.2. The fourth-order valence-corrected chi connectivity index (χ4v) is 4.33. The van der Waals surface area contributed by atoms with E-state index >= 15 is 0 Å². The predicted octanol–water partition coefficient (Wildman–Crippen LogP) is 1.65. The highest BCUT2D eigenvalue weighted by molar-refractivity contribution is 6.07. The highest BCUT2D eigenvalue weighted by atomic mass is 16.2. The number of aromatic nitrogens is 2. The quantitative estimate of drug-likeness (QED) is 0.693. The molecule has 4 amide bonds. The van der Waals surface area contributed by atoms with E-state index in [2.05, 4.69) is 18.9 Å². The van der Waals surface area contributed by atoms with Crippen LogP contribution in [0.5, 0.6) is 0 Å². The van der Waals surface area contributed by atoms with Crippen molar-refractivity contribution in [1.29, 1.82) is 0 Å². The van der Waals surface area contributed by atoms with Gasteiger partial charge in [0.25, 0.3) is 5.91 Å². The van der Waals surface area contributed by atoms with Crippen molar-refractivity contribution < 1.29 is 14.4 Å². The lowest BCUT2D eigenvalue weighted by Crippen LogP contribution is -2.58. The van der Waals surface area contributed by atoms with Gasteiger partial charge in [-0.1, -0.05) is 13.8 Å². The maximum Gasteiger partial charge on any atom is 0.327 e. The number of likely N-dealkylation sites (N-methyl/N-ethyl adjacent to an activating group) is 1. The van der Waals surface area contributed by atoms with Crippen LogP contribution in [0.4, 0.5) is 4.79 Å². The van der Waals surface area contributed by atoms with Crippen molar-refractivity contribution >= 4 is 17.8 Å². The van der Waals surface area contributed by atoms with E-state index in [9.17, 15) is 14.4 Å². The molecule has 8 nitrogen and oxygen atoms in total. The van der Waals surface area contributed by atoms with Crippen molar-refractivity contribution in [3.05, 3.63) is 18.0 Å². The van der Waals surface area contributed by atoms with E-state index in [4.69, 9.17) is 0 Å².